The van der Waals surface area contributed by atoms with Gasteiger partial charge in [-0.2, -0.15) is 8.78 Å². The molecule has 0 saturated carbocycles. The fourth-order valence-electron chi connectivity index (χ4n) is 2.19. The quantitative estimate of drug-likeness (QED) is 0.403. The number of hydrogen-bond donors (Lipinski definition) is 1. The molecule has 1 N–H and O–H groups in total. The standard InChI is InChI=1S/C18H16F2N2O7/c1-10(28-17(24)11-3-6-13(7-4-11)29-18(19)20)16(23)21-14-8-5-12(22(25)26)9-15(14)27-2/h3-10,18H,1-2H3,(H,21,23)/t10-/m0/s1. The van der Waals surface area contributed by atoms with Gasteiger partial charge in [0.05, 0.1) is 29.4 Å². The van der Waals surface area contributed by atoms with Crippen molar-refractivity contribution in [3.63, 3.8) is 0 Å². The highest BCUT2D eigenvalue weighted by molar-refractivity contribution is 5.98. The number of nitro benzene ring substituents is 1. The Balaban J connectivity index is 2.01. The van der Waals surface area contributed by atoms with Crippen molar-refractivity contribution in [3.8, 4) is 11.5 Å². The topological polar surface area (TPSA) is 117 Å². The molecule has 1 atom stereocenters. The number of nitrogens with one attached hydrogen (secondary N) is 1. The van der Waals surface area contributed by atoms with E-state index < -0.39 is 29.5 Å². The number of hydrogen-bond acceptors (Lipinski definition) is 7. The van der Waals surface area contributed by atoms with Gasteiger partial charge in [0.1, 0.15) is 11.5 Å². The normalized spacial score (nSPS) is 11.5. The number of halogens is 2. The van der Waals surface area contributed by atoms with Crippen molar-refractivity contribution in [1.29, 1.82) is 0 Å². The van der Waals surface area contributed by atoms with Crippen LogP contribution in [0.15, 0.2) is 42.5 Å². The summed E-state index contributed by atoms with van der Waals surface area (Å²) in [6.07, 6.45) is -1.22. The molecular formula is C18H16F2N2O7. The minimum atomic E-state index is -2.99. The van der Waals surface area contributed by atoms with Crippen molar-refractivity contribution in [2.45, 2.75) is 19.6 Å². The summed E-state index contributed by atoms with van der Waals surface area (Å²) in [5.74, 6) is -1.64. The third-order valence-electron chi connectivity index (χ3n) is 3.62. The first-order valence-corrected chi connectivity index (χ1v) is 8.10. The Hall–Kier alpha value is -3.76. The Morgan fingerprint density at radius 3 is 2.34 bits per heavy atom. The summed E-state index contributed by atoms with van der Waals surface area (Å²) in [7, 11) is 1.28. The number of alkyl halides is 2. The SMILES string of the molecule is COc1cc([N+](=O)[O-])ccc1NC(=O)[C@H](C)OC(=O)c1ccc(OC(F)F)cc1. The highest BCUT2D eigenvalue weighted by Crippen LogP contribution is 2.29. The second kappa shape index (κ2) is 9.44. The van der Waals surface area contributed by atoms with E-state index in [1.807, 2.05) is 0 Å². The zero-order valence-electron chi connectivity index (χ0n) is 15.3. The molecule has 0 unspecified atom stereocenters. The molecule has 9 nitrogen and oxygen atoms in total. The monoisotopic (exact) mass is 410 g/mol. The average molecular weight is 410 g/mol. The predicted octanol–water partition coefficient (Wildman–Crippen LogP) is 3.39. The summed E-state index contributed by atoms with van der Waals surface area (Å²) < 4.78 is 38.5. The number of nitro groups is 1. The van der Waals surface area contributed by atoms with Crippen molar-refractivity contribution in [2.75, 3.05) is 12.4 Å². The molecule has 0 aromatic heterocycles. The maximum Gasteiger partial charge on any atom is 0.387 e. The van der Waals surface area contributed by atoms with E-state index in [2.05, 4.69) is 10.1 Å². The maximum atomic E-state index is 12.3. The molecule has 0 radical (unpaired) electrons. The van der Waals surface area contributed by atoms with Crippen LogP contribution in [0.25, 0.3) is 0 Å². The first-order valence-electron chi connectivity index (χ1n) is 8.10. The van der Waals surface area contributed by atoms with Crippen LogP contribution in [0.3, 0.4) is 0 Å². The smallest absolute Gasteiger partial charge is 0.387 e. The van der Waals surface area contributed by atoms with Crippen molar-refractivity contribution < 1.29 is 37.5 Å². The molecule has 0 aliphatic carbocycles. The zero-order chi connectivity index (χ0) is 21.6. The van der Waals surface area contributed by atoms with Crippen LogP contribution in [0.4, 0.5) is 20.2 Å². The summed E-state index contributed by atoms with van der Waals surface area (Å²) in [5, 5.41) is 13.2. The minimum Gasteiger partial charge on any atom is -0.494 e. The number of ether oxygens (including phenoxy) is 3. The average Bonchev–Trinajstić information content (AvgIpc) is 2.67. The molecule has 29 heavy (non-hydrogen) atoms. The molecule has 0 heterocycles. The molecule has 2 aromatic carbocycles. The Kier molecular flexibility index (Phi) is 7.01. The molecule has 0 bridgehead atoms. The predicted molar refractivity (Wildman–Crippen MR) is 96.2 cm³/mol. The number of methoxy groups -OCH3 is 1. The number of carbonyl (C=O) groups is 2. The van der Waals surface area contributed by atoms with Gasteiger partial charge in [-0.1, -0.05) is 0 Å². The van der Waals surface area contributed by atoms with Gasteiger partial charge in [0, 0.05) is 6.07 Å². The van der Waals surface area contributed by atoms with Gasteiger partial charge in [-0.05, 0) is 37.3 Å². The Labute approximate surface area is 163 Å². The highest BCUT2D eigenvalue weighted by atomic mass is 19.3. The van der Waals surface area contributed by atoms with E-state index in [4.69, 9.17) is 9.47 Å². The minimum absolute atomic E-state index is 0.0270. The fourth-order valence-corrected chi connectivity index (χ4v) is 2.19. The van der Waals surface area contributed by atoms with Crippen LogP contribution in [0.1, 0.15) is 17.3 Å². The van der Waals surface area contributed by atoms with Gasteiger partial charge < -0.3 is 19.5 Å². The van der Waals surface area contributed by atoms with E-state index in [0.717, 1.165) is 18.2 Å². The lowest BCUT2D eigenvalue weighted by Crippen LogP contribution is -2.30. The van der Waals surface area contributed by atoms with Crippen LogP contribution in [0.5, 0.6) is 11.5 Å². The second-order valence-corrected chi connectivity index (χ2v) is 5.58. The molecule has 0 spiro atoms. The summed E-state index contributed by atoms with van der Waals surface area (Å²) in [6, 6.07) is 8.34. The molecule has 2 rings (SSSR count). The third kappa shape index (κ3) is 5.86. The van der Waals surface area contributed by atoms with E-state index in [1.54, 1.807) is 0 Å². The number of nitrogens with zero attached hydrogens (tertiary/aromatic N) is 1. The summed E-state index contributed by atoms with van der Waals surface area (Å²) in [4.78, 5) is 34.5. The molecular weight excluding hydrogens is 394 g/mol. The number of non-ortho nitro benzene ring substituents is 1. The van der Waals surface area contributed by atoms with E-state index in [1.165, 1.54) is 38.3 Å². The molecule has 154 valence electrons. The number of amides is 1. The van der Waals surface area contributed by atoms with Crippen LogP contribution in [-0.4, -0.2) is 36.6 Å². The van der Waals surface area contributed by atoms with Gasteiger partial charge in [0.15, 0.2) is 6.10 Å². The number of rotatable bonds is 8. The van der Waals surface area contributed by atoms with Crippen molar-refractivity contribution in [2.24, 2.45) is 0 Å². The number of benzene rings is 2. The van der Waals surface area contributed by atoms with Crippen LogP contribution >= 0.6 is 0 Å². The van der Waals surface area contributed by atoms with Crippen LogP contribution in [0, 0.1) is 10.1 Å². The lowest BCUT2D eigenvalue weighted by atomic mass is 10.2. The molecule has 2 aromatic rings. The Morgan fingerprint density at radius 1 is 1.14 bits per heavy atom. The van der Waals surface area contributed by atoms with Gasteiger partial charge in [-0.15, -0.1) is 0 Å². The molecule has 0 saturated heterocycles. The number of anilines is 1. The van der Waals surface area contributed by atoms with E-state index in [9.17, 15) is 28.5 Å². The first kappa shape index (κ1) is 21.5. The van der Waals surface area contributed by atoms with E-state index in [0.29, 0.717) is 0 Å². The molecule has 0 aliphatic heterocycles. The first-order chi connectivity index (χ1) is 13.7. The lowest BCUT2D eigenvalue weighted by Gasteiger charge is -2.15. The van der Waals surface area contributed by atoms with Crippen molar-refractivity contribution >= 4 is 23.3 Å². The molecule has 0 aliphatic rings. The van der Waals surface area contributed by atoms with Gasteiger partial charge in [-0.3, -0.25) is 14.9 Å². The number of carbonyl (C=O) groups excluding carboxylic acids is 2. The third-order valence-corrected chi connectivity index (χ3v) is 3.62. The summed E-state index contributed by atoms with van der Waals surface area (Å²) >= 11 is 0. The van der Waals surface area contributed by atoms with Crippen LogP contribution < -0.4 is 14.8 Å². The van der Waals surface area contributed by atoms with Gasteiger partial charge in [0.2, 0.25) is 0 Å². The zero-order valence-corrected chi connectivity index (χ0v) is 15.3. The lowest BCUT2D eigenvalue weighted by molar-refractivity contribution is -0.384. The van der Waals surface area contributed by atoms with Crippen molar-refractivity contribution in [3.05, 3.63) is 58.1 Å². The highest BCUT2D eigenvalue weighted by Gasteiger charge is 2.21. The Bertz CT molecular complexity index is 904. The van der Waals surface area contributed by atoms with Crippen molar-refractivity contribution in [1.82, 2.24) is 0 Å². The molecule has 11 heteroatoms. The maximum absolute atomic E-state index is 12.3. The van der Waals surface area contributed by atoms with Gasteiger partial charge in [0.25, 0.3) is 11.6 Å². The van der Waals surface area contributed by atoms with Crippen LogP contribution in [0.2, 0.25) is 0 Å². The fraction of sp³-hybridized carbons (Fsp3) is 0.222. The number of esters is 1. The summed E-state index contributed by atoms with van der Waals surface area (Å²) in [5.41, 5.74) is -0.0442. The van der Waals surface area contributed by atoms with E-state index in [-0.39, 0.29) is 28.4 Å². The van der Waals surface area contributed by atoms with E-state index >= 15 is 0 Å². The summed E-state index contributed by atoms with van der Waals surface area (Å²) in [6.45, 7) is -1.67. The largest absolute Gasteiger partial charge is 0.494 e. The molecule has 1 amide bonds. The van der Waals surface area contributed by atoms with Crippen LogP contribution in [-0.2, 0) is 9.53 Å². The van der Waals surface area contributed by atoms with Gasteiger partial charge in [-0.25, -0.2) is 4.79 Å². The Morgan fingerprint density at radius 2 is 1.79 bits per heavy atom. The van der Waals surface area contributed by atoms with Gasteiger partial charge >= 0.3 is 12.6 Å². The second-order valence-electron chi connectivity index (χ2n) is 5.58. The molecule has 0 fully saturated rings.